The summed E-state index contributed by atoms with van der Waals surface area (Å²) in [7, 11) is 2.89. The quantitative estimate of drug-likeness (QED) is 0.558. The molecule has 1 atom stereocenters. The Labute approximate surface area is 193 Å². The molecule has 9 nitrogen and oxygen atoms in total. The summed E-state index contributed by atoms with van der Waals surface area (Å²) in [5.41, 5.74) is 7.83. The van der Waals surface area contributed by atoms with Crippen molar-refractivity contribution in [3.8, 4) is 17.2 Å². The van der Waals surface area contributed by atoms with E-state index in [1.54, 1.807) is 12.1 Å². The van der Waals surface area contributed by atoms with Gasteiger partial charge in [-0.05, 0) is 24.6 Å². The Kier molecular flexibility index (Phi) is 8.51. The van der Waals surface area contributed by atoms with Crippen LogP contribution in [0.15, 0.2) is 36.4 Å². The fraction of sp³-hybridized carbons (Fsp3) is 0.417. The van der Waals surface area contributed by atoms with Crippen LogP contribution in [0, 0.1) is 6.92 Å². The van der Waals surface area contributed by atoms with E-state index in [0.29, 0.717) is 25.3 Å². The highest BCUT2D eigenvalue weighted by atomic mass is 16.5. The van der Waals surface area contributed by atoms with Crippen LogP contribution >= 0.6 is 0 Å². The lowest BCUT2D eigenvalue weighted by Gasteiger charge is -2.35. The first kappa shape index (κ1) is 24.3. The highest BCUT2D eigenvalue weighted by molar-refractivity contribution is 5.95. The summed E-state index contributed by atoms with van der Waals surface area (Å²) in [6.07, 6.45) is 0. The van der Waals surface area contributed by atoms with Crippen molar-refractivity contribution in [3.05, 3.63) is 53.1 Å². The summed E-state index contributed by atoms with van der Waals surface area (Å²) >= 11 is 0. The van der Waals surface area contributed by atoms with E-state index < -0.39 is 5.91 Å². The number of rotatable bonds is 10. The van der Waals surface area contributed by atoms with Crippen LogP contribution in [-0.2, 0) is 9.53 Å². The summed E-state index contributed by atoms with van der Waals surface area (Å²) < 4.78 is 21.6. The van der Waals surface area contributed by atoms with E-state index in [1.807, 2.05) is 6.92 Å². The number of benzene rings is 2. The zero-order valence-corrected chi connectivity index (χ0v) is 19.3. The van der Waals surface area contributed by atoms with Crippen LogP contribution in [0.4, 0.5) is 0 Å². The van der Waals surface area contributed by atoms with E-state index in [4.69, 9.17) is 24.7 Å². The molecule has 33 heavy (non-hydrogen) atoms. The average Bonchev–Trinajstić information content (AvgIpc) is 2.83. The number of ether oxygens (including phenoxy) is 4. The van der Waals surface area contributed by atoms with Gasteiger partial charge in [0.2, 0.25) is 5.75 Å². The minimum absolute atomic E-state index is 0.0143. The first-order chi connectivity index (χ1) is 15.9. The lowest BCUT2D eigenvalue weighted by Crippen LogP contribution is -2.43. The number of carbonyl (C=O) groups is 2. The van der Waals surface area contributed by atoms with Gasteiger partial charge in [-0.3, -0.25) is 14.5 Å². The van der Waals surface area contributed by atoms with Gasteiger partial charge in [-0.15, -0.1) is 0 Å². The first-order valence-electron chi connectivity index (χ1n) is 10.8. The van der Waals surface area contributed by atoms with Crippen LogP contribution in [0.5, 0.6) is 17.2 Å². The zero-order chi connectivity index (χ0) is 23.8. The Morgan fingerprint density at radius 3 is 2.24 bits per heavy atom. The largest absolute Gasteiger partial charge is 0.493 e. The Morgan fingerprint density at radius 1 is 1.09 bits per heavy atom. The second-order valence-electron chi connectivity index (χ2n) is 7.75. The number of hydrogen-bond acceptors (Lipinski definition) is 7. The summed E-state index contributed by atoms with van der Waals surface area (Å²) in [4.78, 5) is 26.5. The third kappa shape index (κ3) is 6.36. The van der Waals surface area contributed by atoms with E-state index >= 15 is 0 Å². The standard InChI is InChI=1S/C24H31N3O6/c1-16-4-6-17(7-5-16)19(27-8-10-32-11-9-27)14-26-24(29)18-12-20(30-2)23(21(13-18)31-3)33-15-22(25)28/h4-7,12-13,19H,8-11,14-15H2,1-3H3,(H2,25,28)(H,26,29). The molecule has 1 saturated heterocycles. The lowest BCUT2D eigenvalue weighted by molar-refractivity contribution is -0.120. The Bertz CT molecular complexity index is 932. The summed E-state index contributed by atoms with van der Waals surface area (Å²) in [5.74, 6) is -0.168. The van der Waals surface area contributed by atoms with Gasteiger partial charge in [0.1, 0.15) is 0 Å². The smallest absolute Gasteiger partial charge is 0.255 e. The third-order valence-electron chi connectivity index (χ3n) is 5.49. The van der Waals surface area contributed by atoms with E-state index in [1.165, 1.54) is 19.8 Å². The minimum Gasteiger partial charge on any atom is -0.493 e. The van der Waals surface area contributed by atoms with Gasteiger partial charge in [0.05, 0.1) is 33.5 Å². The number of primary amides is 1. The van der Waals surface area contributed by atoms with Gasteiger partial charge in [-0.25, -0.2) is 0 Å². The van der Waals surface area contributed by atoms with Crippen molar-refractivity contribution in [2.45, 2.75) is 13.0 Å². The van der Waals surface area contributed by atoms with Crippen molar-refractivity contribution >= 4 is 11.8 Å². The second-order valence-corrected chi connectivity index (χ2v) is 7.75. The van der Waals surface area contributed by atoms with Crippen LogP contribution in [0.25, 0.3) is 0 Å². The average molecular weight is 458 g/mol. The number of nitrogens with one attached hydrogen (secondary N) is 1. The number of nitrogens with zero attached hydrogens (tertiary/aromatic N) is 1. The highest BCUT2D eigenvalue weighted by Crippen LogP contribution is 2.38. The van der Waals surface area contributed by atoms with E-state index in [0.717, 1.165) is 18.7 Å². The van der Waals surface area contributed by atoms with Crippen LogP contribution in [0.1, 0.15) is 27.5 Å². The molecule has 1 fully saturated rings. The number of amides is 2. The van der Waals surface area contributed by atoms with Crippen LogP contribution < -0.4 is 25.3 Å². The topological polar surface area (TPSA) is 112 Å². The predicted octanol–water partition coefficient (Wildman–Crippen LogP) is 1.68. The summed E-state index contributed by atoms with van der Waals surface area (Å²) in [5, 5.41) is 3.03. The fourth-order valence-corrected chi connectivity index (χ4v) is 3.72. The molecular weight excluding hydrogens is 426 g/mol. The molecule has 0 radical (unpaired) electrons. The van der Waals surface area contributed by atoms with Crippen molar-refractivity contribution in [3.63, 3.8) is 0 Å². The molecule has 2 amide bonds. The minimum atomic E-state index is -0.633. The summed E-state index contributed by atoms with van der Waals surface area (Å²) in [6, 6.07) is 11.4. The molecule has 0 saturated carbocycles. The number of nitrogens with two attached hydrogens (primary N) is 1. The molecule has 0 aliphatic carbocycles. The third-order valence-corrected chi connectivity index (χ3v) is 5.49. The van der Waals surface area contributed by atoms with Crippen molar-refractivity contribution in [1.82, 2.24) is 10.2 Å². The van der Waals surface area contributed by atoms with Crippen molar-refractivity contribution in [2.75, 3.05) is 53.7 Å². The summed E-state index contributed by atoms with van der Waals surface area (Å²) in [6.45, 7) is 5.05. The van der Waals surface area contributed by atoms with Crippen molar-refractivity contribution in [1.29, 1.82) is 0 Å². The number of morpholine rings is 1. The highest BCUT2D eigenvalue weighted by Gasteiger charge is 2.24. The lowest BCUT2D eigenvalue weighted by atomic mass is 10.0. The van der Waals surface area contributed by atoms with Crippen molar-refractivity contribution in [2.24, 2.45) is 5.73 Å². The number of aryl methyl sites for hydroxylation is 1. The maximum atomic E-state index is 13.1. The van der Waals surface area contributed by atoms with Gasteiger partial charge in [0, 0.05) is 25.2 Å². The van der Waals surface area contributed by atoms with Gasteiger partial charge >= 0.3 is 0 Å². The van der Waals surface area contributed by atoms with E-state index in [-0.39, 0.29) is 35.8 Å². The Morgan fingerprint density at radius 2 is 1.70 bits per heavy atom. The van der Waals surface area contributed by atoms with Crippen LogP contribution in [0.3, 0.4) is 0 Å². The first-order valence-corrected chi connectivity index (χ1v) is 10.8. The van der Waals surface area contributed by atoms with Gasteiger partial charge < -0.3 is 30.0 Å². The Hall–Kier alpha value is -3.30. The molecule has 9 heteroatoms. The molecule has 0 spiro atoms. The zero-order valence-electron chi connectivity index (χ0n) is 19.3. The van der Waals surface area contributed by atoms with Crippen LogP contribution in [0.2, 0.25) is 0 Å². The number of methoxy groups -OCH3 is 2. The monoisotopic (exact) mass is 457 g/mol. The fourth-order valence-electron chi connectivity index (χ4n) is 3.72. The second kappa shape index (κ2) is 11.5. The van der Waals surface area contributed by atoms with Crippen LogP contribution in [-0.4, -0.2) is 70.4 Å². The van der Waals surface area contributed by atoms with Gasteiger partial charge in [-0.1, -0.05) is 29.8 Å². The molecular formula is C24H31N3O6. The molecule has 0 aromatic heterocycles. The molecule has 1 aliphatic heterocycles. The molecule has 1 aliphatic rings. The van der Waals surface area contributed by atoms with Crippen molar-refractivity contribution < 1.29 is 28.5 Å². The van der Waals surface area contributed by atoms with Gasteiger partial charge in [0.25, 0.3) is 11.8 Å². The molecule has 1 heterocycles. The molecule has 2 aromatic carbocycles. The molecule has 3 N–H and O–H groups in total. The number of hydrogen-bond donors (Lipinski definition) is 2. The maximum absolute atomic E-state index is 13.1. The molecule has 1 unspecified atom stereocenters. The maximum Gasteiger partial charge on any atom is 0.255 e. The van der Waals surface area contributed by atoms with E-state index in [2.05, 4.69) is 34.5 Å². The van der Waals surface area contributed by atoms with Gasteiger partial charge in [0.15, 0.2) is 18.1 Å². The molecule has 178 valence electrons. The Balaban J connectivity index is 1.79. The SMILES string of the molecule is COc1cc(C(=O)NCC(c2ccc(C)cc2)N2CCOCC2)cc(OC)c1OCC(N)=O. The number of carbonyl (C=O) groups excluding carboxylic acids is 2. The molecule has 2 aromatic rings. The molecule has 3 rings (SSSR count). The molecule has 0 bridgehead atoms. The normalized spacial score (nSPS) is 14.9. The predicted molar refractivity (Wildman–Crippen MR) is 123 cm³/mol. The van der Waals surface area contributed by atoms with Gasteiger partial charge in [-0.2, -0.15) is 0 Å². The van der Waals surface area contributed by atoms with E-state index in [9.17, 15) is 9.59 Å².